The largest absolute Gasteiger partial charge is 0.463 e. The zero-order chi connectivity index (χ0) is 11.8. The molecule has 0 bridgehead atoms. The Balaban J connectivity index is 4.09. The number of esters is 1. The first kappa shape index (κ1) is 14.1. The van der Waals surface area contributed by atoms with E-state index in [0.29, 0.717) is 12.2 Å². The standard InChI is InChI=1S/C10H18O5/c1-3-15-10(14)7(2)4-5-8(12)9(13)6-11/h4,8-9,11-13H,3,5-6H2,1-2H3/b7-4+/t8-,9+/m0/s1. The molecule has 0 amide bonds. The van der Waals surface area contributed by atoms with E-state index in [9.17, 15) is 9.90 Å². The van der Waals surface area contributed by atoms with Gasteiger partial charge in [-0.25, -0.2) is 4.79 Å². The van der Waals surface area contributed by atoms with Gasteiger partial charge >= 0.3 is 5.97 Å². The summed E-state index contributed by atoms with van der Waals surface area (Å²) in [6.07, 6.45) is -0.677. The Morgan fingerprint density at radius 3 is 2.47 bits per heavy atom. The highest BCUT2D eigenvalue weighted by atomic mass is 16.5. The number of ether oxygens (including phenoxy) is 1. The summed E-state index contributed by atoms with van der Waals surface area (Å²) in [7, 11) is 0. The first-order valence-corrected chi connectivity index (χ1v) is 4.83. The van der Waals surface area contributed by atoms with Gasteiger partial charge in [0.2, 0.25) is 0 Å². The normalized spacial score (nSPS) is 15.9. The van der Waals surface area contributed by atoms with E-state index in [1.165, 1.54) is 6.08 Å². The minimum Gasteiger partial charge on any atom is -0.463 e. The van der Waals surface area contributed by atoms with Crippen molar-refractivity contribution in [1.29, 1.82) is 0 Å². The smallest absolute Gasteiger partial charge is 0.333 e. The van der Waals surface area contributed by atoms with Crippen LogP contribution in [0.1, 0.15) is 20.3 Å². The van der Waals surface area contributed by atoms with Gasteiger partial charge in [0.1, 0.15) is 6.10 Å². The van der Waals surface area contributed by atoms with Crippen LogP contribution in [0.25, 0.3) is 0 Å². The highest BCUT2D eigenvalue weighted by Gasteiger charge is 2.14. The van der Waals surface area contributed by atoms with Gasteiger partial charge in [-0.2, -0.15) is 0 Å². The summed E-state index contributed by atoms with van der Waals surface area (Å²) in [6, 6.07) is 0. The molecular weight excluding hydrogens is 200 g/mol. The molecule has 3 N–H and O–H groups in total. The molecule has 0 heterocycles. The minimum atomic E-state index is -1.18. The first-order valence-electron chi connectivity index (χ1n) is 4.83. The zero-order valence-electron chi connectivity index (χ0n) is 9.01. The molecule has 0 aromatic rings. The van der Waals surface area contributed by atoms with Gasteiger partial charge in [0.05, 0.1) is 19.3 Å². The quantitative estimate of drug-likeness (QED) is 0.417. The third kappa shape index (κ3) is 5.51. The molecule has 5 heteroatoms. The van der Waals surface area contributed by atoms with Crippen molar-refractivity contribution < 1.29 is 24.9 Å². The van der Waals surface area contributed by atoms with Gasteiger partial charge in [-0.3, -0.25) is 0 Å². The lowest BCUT2D eigenvalue weighted by Crippen LogP contribution is -2.28. The second kappa shape index (κ2) is 7.39. The van der Waals surface area contributed by atoms with Crippen molar-refractivity contribution in [3.8, 4) is 0 Å². The molecule has 0 aromatic heterocycles. The van der Waals surface area contributed by atoms with Crippen molar-refractivity contribution >= 4 is 5.97 Å². The van der Waals surface area contributed by atoms with Crippen LogP contribution in [0.2, 0.25) is 0 Å². The van der Waals surface area contributed by atoms with Crippen molar-refractivity contribution in [1.82, 2.24) is 0 Å². The lowest BCUT2D eigenvalue weighted by atomic mass is 10.1. The van der Waals surface area contributed by atoms with E-state index in [0.717, 1.165) is 0 Å². The highest BCUT2D eigenvalue weighted by Crippen LogP contribution is 2.04. The molecule has 0 unspecified atom stereocenters. The fraction of sp³-hybridized carbons (Fsp3) is 0.700. The molecule has 0 aliphatic heterocycles. The summed E-state index contributed by atoms with van der Waals surface area (Å²) in [5.74, 6) is -0.441. The first-order chi connectivity index (χ1) is 7.02. The average molecular weight is 218 g/mol. The van der Waals surface area contributed by atoms with Crippen LogP contribution in [0, 0.1) is 0 Å². The SMILES string of the molecule is CCOC(=O)/C(C)=C/C[C@H](O)[C@H](O)CO. The average Bonchev–Trinajstić information content (AvgIpc) is 2.24. The third-order valence-corrected chi connectivity index (χ3v) is 1.89. The van der Waals surface area contributed by atoms with Crippen LogP contribution in [0.15, 0.2) is 11.6 Å². The second-order valence-corrected chi connectivity index (χ2v) is 3.16. The van der Waals surface area contributed by atoms with Gasteiger partial charge in [-0.1, -0.05) is 6.08 Å². The number of carbonyl (C=O) groups excluding carboxylic acids is 1. The molecule has 0 radical (unpaired) electrons. The van der Waals surface area contributed by atoms with Crippen LogP contribution >= 0.6 is 0 Å². The minimum absolute atomic E-state index is 0.104. The van der Waals surface area contributed by atoms with E-state index < -0.39 is 24.8 Å². The molecule has 88 valence electrons. The number of hydrogen-bond donors (Lipinski definition) is 3. The molecule has 0 aliphatic rings. The van der Waals surface area contributed by atoms with Gasteiger partial charge in [0, 0.05) is 5.57 Å². The van der Waals surface area contributed by atoms with Crippen molar-refractivity contribution in [2.75, 3.05) is 13.2 Å². The van der Waals surface area contributed by atoms with Crippen LogP contribution in [-0.2, 0) is 9.53 Å². The van der Waals surface area contributed by atoms with Gasteiger partial charge in [-0.15, -0.1) is 0 Å². The molecule has 0 saturated carbocycles. The summed E-state index contributed by atoms with van der Waals surface area (Å²) in [6.45, 7) is 3.06. The Bertz CT molecular complexity index is 224. The molecule has 0 aromatic carbocycles. The van der Waals surface area contributed by atoms with Crippen molar-refractivity contribution in [2.24, 2.45) is 0 Å². The van der Waals surface area contributed by atoms with Crippen LogP contribution in [0.4, 0.5) is 0 Å². The monoisotopic (exact) mass is 218 g/mol. The molecule has 0 aliphatic carbocycles. The Kier molecular flexibility index (Phi) is 6.94. The molecular formula is C10H18O5. The Morgan fingerprint density at radius 2 is 2.00 bits per heavy atom. The summed E-state index contributed by atoms with van der Waals surface area (Å²) >= 11 is 0. The van der Waals surface area contributed by atoms with Gasteiger partial charge in [0.25, 0.3) is 0 Å². The molecule has 5 nitrogen and oxygen atoms in total. The topological polar surface area (TPSA) is 87.0 Å². The Labute approximate surface area is 89.0 Å². The van der Waals surface area contributed by atoms with Crippen LogP contribution in [-0.4, -0.2) is 46.7 Å². The Morgan fingerprint density at radius 1 is 1.40 bits per heavy atom. The number of hydrogen-bond acceptors (Lipinski definition) is 5. The maximum absolute atomic E-state index is 11.1. The summed E-state index contributed by atoms with van der Waals surface area (Å²) < 4.78 is 4.72. The predicted molar refractivity (Wildman–Crippen MR) is 54.1 cm³/mol. The molecule has 0 fully saturated rings. The summed E-state index contributed by atoms with van der Waals surface area (Å²) in [5, 5.41) is 26.8. The van der Waals surface area contributed by atoms with E-state index in [2.05, 4.69) is 0 Å². The van der Waals surface area contributed by atoms with Crippen molar-refractivity contribution in [3.05, 3.63) is 11.6 Å². The molecule has 2 atom stereocenters. The van der Waals surface area contributed by atoms with Crippen molar-refractivity contribution in [2.45, 2.75) is 32.5 Å². The maximum Gasteiger partial charge on any atom is 0.333 e. The van der Waals surface area contributed by atoms with E-state index in [1.807, 2.05) is 0 Å². The number of aliphatic hydroxyl groups is 3. The van der Waals surface area contributed by atoms with Crippen LogP contribution < -0.4 is 0 Å². The lowest BCUT2D eigenvalue weighted by Gasteiger charge is -2.13. The fourth-order valence-corrected chi connectivity index (χ4v) is 0.905. The van der Waals surface area contributed by atoms with Crippen LogP contribution in [0.3, 0.4) is 0 Å². The number of rotatable bonds is 6. The highest BCUT2D eigenvalue weighted by molar-refractivity contribution is 5.87. The van der Waals surface area contributed by atoms with E-state index in [4.69, 9.17) is 14.9 Å². The molecule has 0 saturated heterocycles. The fourth-order valence-electron chi connectivity index (χ4n) is 0.905. The predicted octanol–water partition coefficient (Wildman–Crippen LogP) is -0.400. The second-order valence-electron chi connectivity index (χ2n) is 3.16. The number of aliphatic hydroxyl groups excluding tert-OH is 3. The zero-order valence-corrected chi connectivity index (χ0v) is 9.01. The van der Waals surface area contributed by atoms with E-state index >= 15 is 0 Å². The van der Waals surface area contributed by atoms with Gasteiger partial charge < -0.3 is 20.1 Å². The van der Waals surface area contributed by atoms with Crippen molar-refractivity contribution in [3.63, 3.8) is 0 Å². The van der Waals surface area contributed by atoms with Gasteiger partial charge in [-0.05, 0) is 20.3 Å². The molecule has 0 spiro atoms. The van der Waals surface area contributed by atoms with E-state index in [-0.39, 0.29) is 6.42 Å². The third-order valence-electron chi connectivity index (χ3n) is 1.89. The lowest BCUT2D eigenvalue weighted by molar-refractivity contribution is -0.138. The maximum atomic E-state index is 11.1. The Hall–Kier alpha value is -0.910. The summed E-state index contributed by atoms with van der Waals surface area (Å²) in [5.41, 5.74) is 0.376. The summed E-state index contributed by atoms with van der Waals surface area (Å²) in [4.78, 5) is 11.1. The molecule has 0 rings (SSSR count). The van der Waals surface area contributed by atoms with Crippen LogP contribution in [0.5, 0.6) is 0 Å². The van der Waals surface area contributed by atoms with Gasteiger partial charge in [0.15, 0.2) is 0 Å². The van der Waals surface area contributed by atoms with E-state index in [1.54, 1.807) is 13.8 Å². The number of carbonyl (C=O) groups is 1. The molecule has 15 heavy (non-hydrogen) atoms.